The van der Waals surface area contributed by atoms with Crippen LogP contribution in [0.4, 0.5) is 5.82 Å². The number of methoxy groups -OCH3 is 1. The Labute approximate surface area is 163 Å². The van der Waals surface area contributed by atoms with E-state index in [2.05, 4.69) is 31.5 Å². The summed E-state index contributed by atoms with van der Waals surface area (Å²) in [5, 5.41) is 15.4. The van der Waals surface area contributed by atoms with Crippen LogP contribution in [0.5, 0.6) is 11.5 Å². The second kappa shape index (κ2) is 8.39. The number of aromatic nitrogens is 2. The fourth-order valence-electron chi connectivity index (χ4n) is 3.47. The van der Waals surface area contributed by atoms with Gasteiger partial charge in [-0.2, -0.15) is 5.26 Å². The second-order valence-electron chi connectivity index (χ2n) is 6.81. The van der Waals surface area contributed by atoms with Gasteiger partial charge >= 0.3 is 0 Å². The third-order valence-electron chi connectivity index (χ3n) is 4.89. The van der Waals surface area contributed by atoms with Gasteiger partial charge in [0.1, 0.15) is 29.5 Å². The Morgan fingerprint density at radius 2 is 2.18 bits per heavy atom. The van der Waals surface area contributed by atoms with E-state index in [-0.39, 0.29) is 18.3 Å². The predicted octanol–water partition coefficient (Wildman–Crippen LogP) is 1.07. The molecule has 0 spiro atoms. The van der Waals surface area contributed by atoms with Crippen LogP contribution in [0.25, 0.3) is 0 Å². The molecule has 2 aromatic rings. The van der Waals surface area contributed by atoms with E-state index in [0.29, 0.717) is 11.5 Å². The number of hydrogen-bond acceptors (Lipinski definition) is 9. The molecule has 3 atom stereocenters. The molecule has 28 heavy (non-hydrogen) atoms. The molecule has 3 heterocycles. The summed E-state index contributed by atoms with van der Waals surface area (Å²) in [4.78, 5) is 8.22. The van der Waals surface area contributed by atoms with Crippen molar-refractivity contribution < 1.29 is 9.47 Å². The molecule has 0 radical (unpaired) electrons. The lowest BCUT2D eigenvalue weighted by atomic mass is 10.0. The number of nitriles is 1. The van der Waals surface area contributed by atoms with E-state index in [1.807, 2.05) is 24.3 Å². The van der Waals surface area contributed by atoms with Crippen molar-refractivity contribution in [2.75, 3.05) is 25.5 Å². The lowest BCUT2D eigenvalue weighted by molar-refractivity contribution is 0.222. The number of hydrogen-bond donors (Lipinski definition) is 4. The maximum atomic E-state index is 8.80. The van der Waals surface area contributed by atoms with Crippen LogP contribution in [-0.4, -0.2) is 42.4 Å². The fourth-order valence-corrected chi connectivity index (χ4v) is 3.47. The molecule has 0 saturated carbocycles. The van der Waals surface area contributed by atoms with Gasteiger partial charge in [-0.15, -0.1) is 0 Å². The topological polar surface area (TPSA) is 116 Å². The summed E-state index contributed by atoms with van der Waals surface area (Å²) in [6.45, 7) is 1.87. The highest BCUT2D eigenvalue weighted by Gasteiger charge is 2.28. The van der Waals surface area contributed by atoms with Crippen LogP contribution in [-0.2, 0) is 0 Å². The number of anilines is 1. The number of nitrogens with one attached hydrogen (secondary N) is 4. The van der Waals surface area contributed by atoms with Crippen molar-refractivity contribution >= 4 is 5.82 Å². The van der Waals surface area contributed by atoms with Crippen molar-refractivity contribution in [1.29, 1.82) is 5.26 Å². The van der Waals surface area contributed by atoms with Gasteiger partial charge in [-0.05, 0) is 19.0 Å². The van der Waals surface area contributed by atoms with E-state index in [4.69, 9.17) is 14.7 Å². The molecule has 0 bridgehead atoms. The van der Waals surface area contributed by atoms with E-state index >= 15 is 0 Å². The maximum Gasteiger partial charge on any atom is 0.158 e. The highest BCUT2D eigenvalue weighted by molar-refractivity contribution is 5.43. The SMILES string of the molecule is COc1cc(O[C@H]2CCNC2)ccc1C1CC(Nc2cnc(C#N)cn2)NN1. The predicted molar refractivity (Wildman–Crippen MR) is 103 cm³/mol. The van der Waals surface area contributed by atoms with E-state index in [1.54, 1.807) is 13.3 Å². The van der Waals surface area contributed by atoms with Crippen molar-refractivity contribution in [1.82, 2.24) is 26.1 Å². The molecule has 0 aliphatic carbocycles. The highest BCUT2D eigenvalue weighted by Crippen LogP contribution is 2.33. The summed E-state index contributed by atoms with van der Waals surface area (Å²) in [6.07, 6.45) is 4.98. The zero-order valence-electron chi connectivity index (χ0n) is 15.6. The van der Waals surface area contributed by atoms with Crippen LogP contribution in [0.3, 0.4) is 0 Å². The van der Waals surface area contributed by atoms with Gasteiger partial charge in [-0.25, -0.2) is 20.8 Å². The summed E-state index contributed by atoms with van der Waals surface area (Å²) in [7, 11) is 1.67. The van der Waals surface area contributed by atoms with Crippen LogP contribution in [0.1, 0.15) is 30.1 Å². The van der Waals surface area contributed by atoms with E-state index < -0.39 is 0 Å². The first-order valence-corrected chi connectivity index (χ1v) is 9.30. The largest absolute Gasteiger partial charge is 0.496 e. The van der Waals surface area contributed by atoms with Crippen LogP contribution in [0.2, 0.25) is 0 Å². The summed E-state index contributed by atoms with van der Waals surface area (Å²) in [6, 6.07) is 8.01. The molecule has 2 aliphatic rings. The summed E-state index contributed by atoms with van der Waals surface area (Å²) >= 11 is 0. The molecule has 9 heteroatoms. The molecule has 1 aromatic carbocycles. The Morgan fingerprint density at radius 1 is 1.25 bits per heavy atom. The number of benzene rings is 1. The van der Waals surface area contributed by atoms with E-state index in [9.17, 15) is 0 Å². The van der Waals surface area contributed by atoms with Gasteiger partial charge in [-0.1, -0.05) is 6.07 Å². The second-order valence-corrected chi connectivity index (χ2v) is 6.81. The fraction of sp³-hybridized carbons (Fsp3) is 0.421. The molecule has 4 N–H and O–H groups in total. The van der Waals surface area contributed by atoms with Gasteiger partial charge < -0.3 is 20.1 Å². The Balaban J connectivity index is 1.40. The first-order chi connectivity index (χ1) is 13.7. The van der Waals surface area contributed by atoms with Crippen molar-refractivity contribution in [3.8, 4) is 17.6 Å². The lowest BCUT2D eigenvalue weighted by Crippen LogP contribution is -2.36. The average molecular weight is 381 g/mol. The van der Waals surface area contributed by atoms with Crippen LogP contribution in [0, 0.1) is 11.3 Å². The first-order valence-electron chi connectivity index (χ1n) is 9.30. The van der Waals surface area contributed by atoms with Crippen molar-refractivity contribution in [3.63, 3.8) is 0 Å². The van der Waals surface area contributed by atoms with Crippen molar-refractivity contribution in [2.45, 2.75) is 31.2 Å². The minimum Gasteiger partial charge on any atom is -0.496 e. The molecular weight excluding hydrogens is 358 g/mol. The zero-order chi connectivity index (χ0) is 19.3. The highest BCUT2D eigenvalue weighted by atomic mass is 16.5. The van der Waals surface area contributed by atoms with Crippen LogP contribution >= 0.6 is 0 Å². The Morgan fingerprint density at radius 3 is 2.89 bits per heavy atom. The molecule has 0 amide bonds. The standard InChI is InChI=1S/C19H23N7O2/c1-27-17-6-13(28-14-4-5-21-10-14)2-3-15(17)16-7-18(26-25-16)24-19-11-22-12(8-20)9-23-19/h2-3,6,9,11,14,16,18,21,25-26H,4-5,7,10H2,1H3,(H,23,24)/t14-,16?,18?/m0/s1. The molecule has 9 nitrogen and oxygen atoms in total. The van der Waals surface area contributed by atoms with E-state index in [0.717, 1.165) is 43.0 Å². The van der Waals surface area contributed by atoms with Crippen LogP contribution < -0.4 is 31.0 Å². The number of hydrazine groups is 1. The molecule has 2 aliphatic heterocycles. The third-order valence-corrected chi connectivity index (χ3v) is 4.89. The number of nitrogens with zero attached hydrogens (tertiary/aromatic N) is 3. The minimum absolute atomic E-state index is 0.0302. The summed E-state index contributed by atoms with van der Waals surface area (Å²) in [5.41, 5.74) is 7.86. The molecular formula is C19H23N7O2. The minimum atomic E-state index is -0.0302. The molecule has 2 unspecified atom stereocenters. The molecule has 2 saturated heterocycles. The van der Waals surface area contributed by atoms with Crippen LogP contribution in [0.15, 0.2) is 30.6 Å². The van der Waals surface area contributed by atoms with Gasteiger partial charge in [0.25, 0.3) is 0 Å². The zero-order valence-corrected chi connectivity index (χ0v) is 15.6. The number of ether oxygens (including phenoxy) is 2. The van der Waals surface area contributed by atoms with Crippen molar-refractivity contribution in [2.24, 2.45) is 0 Å². The third kappa shape index (κ3) is 4.14. The molecule has 146 valence electrons. The lowest BCUT2D eigenvalue weighted by Gasteiger charge is -2.18. The normalized spacial score (nSPS) is 23.9. The smallest absolute Gasteiger partial charge is 0.158 e. The first kappa shape index (κ1) is 18.4. The van der Waals surface area contributed by atoms with Gasteiger partial charge in [0, 0.05) is 24.6 Å². The van der Waals surface area contributed by atoms with Gasteiger partial charge in [0.15, 0.2) is 5.69 Å². The Hall–Kier alpha value is -2.93. The summed E-state index contributed by atoms with van der Waals surface area (Å²) in [5.74, 6) is 2.23. The average Bonchev–Trinajstić information content (AvgIpc) is 3.41. The Bertz CT molecular complexity index is 846. The molecule has 2 fully saturated rings. The van der Waals surface area contributed by atoms with Crippen molar-refractivity contribution in [3.05, 3.63) is 41.9 Å². The molecule has 4 rings (SSSR count). The monoisotopic (exact) mass is 381 g/mol. The summed E-state index contributed by atoms with van der Waals surface area (Å²) < 4.78 is 11.6. The van der Waals surface area contributed by atoms with E-state index in [1.165, 1.54) is 6.20 Å². The number of rotatable bonds is 6. The van der Waals surface area contributed by atoms with Gasteiger partial charge in [-0.3, -0.25) is 0 Å². The Kier molecular flexibility index (Phi) is 5.53. The maximum absolute atomic E-state index is 8.80. The molecule has 1 aromatic heterocycles. The van der Waals surface area contributed by atoms with Gasteiger partial charge in [0.2, 0.25) is 0 Å². The van der Waals surface area contributed by atoms with Gasteiger partial charge in [0.05, 0.1) is 31.7 Å². The quantitative estimate of drug-likeness (QED) is 0.583.